The zero-order valence-corrected chi connectivity index (χ0v) is 21.7. The van der Waals surface area contributed by atoms with Crippen molar-refractivity contribution in [2.45, 2.75) is 44.8 Å². The number of likely N-dealkylation sites (tertiary alicyclic amines) is 2. The van der Waals surface area contributed by atoms with Crippen molar-refractivity contribution in [2.75, 3.05) is 58.3 Å². The van der Waals surface area contributed by atoms with Crippen LogP contribution < -0.4 is 15.5 Å². The van der Waals surface area contributed by atoms with Crippen LogP contribution in [0.5, 0.6) is 0 Å². The summed E-state index contributed by atoms with van der Waals surface area (Å²) in [6.45, 7) is 7.12. The number of hydrogen-bond donors (Lipinski definition) is 2. The molecule has 3 saturated heterocycles. The van der Waals surface area contributed by atoms with Gasteiger partial charge in [-0.05, 0) is 43.0 Å². The van der Waals surface area contributed by atoms with Gasteiger partial charge in [0.1, 0.15) is 12.1 Å². The molecule has 10 nitrogen and oxygen atoms in total. The van der Waals surface area contributed by atoms with Gasteiger partial charge in [0.05, 0.1) is 12.6 Å². The van der Waals surface area contributed by atoms with Crippen molar-refractivity contribution in [3.63, 3.8) is 0 Å². The number of piperazine rings is 1. The number of Topliss-reactive ketones (excluding diaryl/α,β-unsaturated/α-hetero) is 1. The molecule has 36 heavy (non-hydrogen) atoms. The molecule has 0 saturated carbocycles. The van der Waals surface area contributed by atoms with Gasteiger partial charge in [0, 0.05) is 58.1 Å². The molecular formula is C26H38N6O4. The maximum Gasteiger partial charge on any atom is 0.320 e. The van der Waals surface area contributed by atoms with Crippen molar-refractivity contribution in [3.05, 3.63) is 29.8 Å². The van der Waals surface area contributed by atoms with E-state index in [1.165, 1.54) is 0 Å². The lowest BCUT2D eigenvalue weighted by Crippen LogP contribution is -2.54. The van der Waals surface area contributed by atoms with Crippen LogP contribution in [0.2, 0.25) is 0 Å². The van der Waals surface area contributed by atoms with Crippen molar-refractivity contribution < 1.29 is 19.2 Å². The summed E-state index contributed by atoms with van der Waals surface area (Å²) >= 11 is 0. The molecule has 3 aliphatic rings. The van der Waals surface area contributed by atoms with Gasteiger partial charge in [-0.3, -0.25) is 14.4 Å². The first-order valence-corrected chi connectivity index (χ1v) is 12.8. The van der Waals surface area contributed by atoms with Crippen LogP contribution in [0, 0.1) is 5.92 Å². The minimum absolute atomic E-state index is 0.0291. The largest absolute Gasteiger partial charge is 0.378 e. The third kappa shape index (κ3) is 5.33. The van der Waals surface area contributed by atoms with Crippen molar-refractivity contribution in [3.8, 4) is 0 Å². The molecule has 196 valence electrons. The van der Waals surface area contributed by atoms with Crippen LogP contribution in [0.4, 0.5) is 10.5 Å². The number of rotatable bonds is 6. The van der Waals surface area contributed by atoms with Crippen LogP contribution in [-0.4, -0.2) is 110 Å². The molecule has 10 heteroatoms. The molecule has 0 radical (unpaired) electrons. The fraction of sp³-hybridized carbons (Fsp3) is 0.615. The molecule has 3 atom stereocenters. The van der Waals surface area contributed by atoms with Crippen molar-refractivity contribution in [1.82, 2.24) is 25.3 Å². The zero-order chi connectivity index (χ0) is 26.0. The number of ketones is 1. The first kappa shape index (κ1) is 25.9. The average Bonchev–Trinajstić information content (AvgIpc) is 3.44. The second-order valence-electron chi connectivity index (χ2n) is 10.5. The number of nitrogens with zero attached hydrogens (tertiary/aromatic N) is 4. The maximum absolute atomic E-state index is 13.7. The van der Waals surface area contributed by atoms with E-state index in [2.05, 4.69) is 10.6 Å². The number of amides is 4. The third-order valence-corrected chi connectivity index (χ3v) is 7.30. The number of urea groups is 1. The molecule has 3 heterocycles. The molecule has 1 aromatic rings. The molecule has 2 N–H and O–H groups in total. The second-order valence-corrected chi connectivity index (χ2v) is 10.5. The SMILES string of the molecule is CC(C)CC(NC(=O)c1ccc(N(C)C)cc1)C(=O)N1CCC2C1C(=O)CN2C(=O)N1CCNCC1. The van der Waals surface area contributed by atoms with Gasteiger partial charge in [0.2, 0.25) is 5.91 Å². The zero-order valence-electron chi connectivity index (χ0n) is 21.7. The van der Waals surface area contributed by atoms with Crippen LogP contribution in [0.1, 0.15) is 37.0 Å². The van der Waals surface area contributed by atoms with Gasteiger partial charge in [-0.25, -0.2) is 4.79 Å². The van der Waals surface area contributed by atoms with Gasteiger partial charge in [-0.2, -0.15) is 0 Å². The van der Waals surface area contributed by atoms with Crippen LogP contribution in [0.25, 0.3) is 0 Å². The first-order valence-electron chi connectivity index (χ1n) is 12.8. The average molecular weight is 499 g/mol. The van der Waals surface area contributed by atoms with E-state index in [4.69, 9.17) is 0 Å². The fourth-order valence-electron chi connectivity index (χ4n) is 5.41. The summed E-state index contributed by atoms with van der Waals surface area (Å²) in [4.78, 5) is 59.8. The summed E-state index contributed by atoms with van der Waals surface area (Å²) < 4.78 is 0. The molecule has 0 bridgehead atoms. The van der Waals surface area contributed by atoms with E-state index in [9.17, 15) is 19.2 Å². The molecule has 4 rings (SSSR count). The number of carbonyl (C=O) groups is 4. The summed E-state index contributed by atoms with van der Waals surface area (Å²) in [7, 11) is 3.86. The predicted molar refractivity (Wildman–Crippen MR) is 137 cm³/mol. The lowest BCUT2D eigenvalue weighted by atomic mass is 10.0. The van der Waals surface area contributed by atoms with Gasteiger partial charge in [0.15, 0.2) is 5.78 Å². The van der Waals surface area contributed by atoms with Gasteiger partial charge in [-0.15, -0.1) is 0 Å². The van der Waals surface area contributed by atoms with Gasteiger partial charge in [-0.1, -0.05) is 13.8 Å². The third-order valence-electron chi connectivity index (χ3n) is 7.30. The summed E-state index contributed by atoms with van der Waals surface area (Å²) in [6, 6.07) is 5.39. The lowest BCUT2D eigenvalue weighted by molar-refractivity contribution is -0.138. The van der Waals surface area contributed by atoms with E-state index < -0.39 is 12.1 Å². The molecule has 3 unspecified atom stereocenters. The molecule has 0 aromatic heterocycles. The van der Waals surface area contributed by atoms with Crippen LogP contribution >= 0.6 is 0 Å². The molecule has 3 aliphatic heterocycles. The highest BCUT2D eigenvalue weighted by molar-refractivity contribution is 6.00. The van der Waals surface area contributed by atoms with Crippen LogP contribution in [-0.2, 0) is 9.59 Å². The summed E-state index contributed by atoms with van der Waals surface area (Å²) in [6.07, 6.45) is 1.03. The van der Waals surface area contributed by atoms with Gasteiger partial charge < -0.3 is 30.2 Å². The molecule has 3 fully saturated rings. The molecular weight excluding hydrogens is 460 g/mol. The Bertz CT molecular complexity index is 989. The van der Waals surface area contributed by atoms with E-state index in [0.717, 1.165) is 18.8 Å². The minimum atomic E-state index is -0.740. The Morgan fingerprint density at radius 1 is 1.06 bits per heavy atom. The smallest absolute Gasteiger partial charge is 0.320 e. The number of anilines is 1. The highest BCUT2D eigenvalue weighted by Gasteiger charge is 2.52. The monoisotopic (exact) mass is 498 g/mol. The number of benzene rings is 1. The Labute approximate surface area is 212 Å². The standard InChI is InChI=1S/C26H38N6O4/c1-17(2)15-20(28-24(34)18-5-7-19(8-6-18)29(3)4)25(35)31-12-9-21-23(31)22(33)16-32(21)26(36)30-13-10-27-11-14-30/h5-8,17,20-21,23,27H,9-16H2,1-4H3,(H,28,34). The first-order chi connectivity index (χ1) is 17.2. The summed E-state index contributed by atoms with van der Waals surface area (Å²) in [5.74, 6) is -0.510. The second kappa shape index (κ2) is 10.9. The minimum Gasteiger partial charge on any atom is -0.378 e. The molecule has 0 spiro atoms. The van der Waals surface area contributed by atoms with Gasteiger partial charge >= 0.3 is 6.03 Å². The number of nitrogens with one attached hydrogen (secondary N) is 2. The van der Waals surface area contributed by atoms with E-state index in [1.54, 1.807) is 26.8 Å². The normalized spacial score (nSPS) is 22.6. The Morgan fingerprint density at radius 2 is 1.72 bits per heavy atom. The Morgan fingerprint density at radius 3 is 2.33 bits per heavy atom. The van der Waals surface area contributed by atoms with Crippen LogP contribution in [0.15, 0.2) is 24.3 Å². The van der Waals surface area contributed by atoms with E-state index in [1.807, 2.05) is 45.0 Å². The summed E-state index contributed by atoms with van der Waals surface area (Å²) in [5, 5.41) is 6.15. The number of hydrogen-bond acceptors (Lipinski definition) is 6. The fourth-order valence-corrected chi connectivity index (χ4v) is 5.41. The van der Waals surface area contributed by atoms with Crippen molar-refractivity contribution in [1.29, 1.82) is 0 Å². The molecule has 1 aromatic carbocycles. The van der Waals surface area contributed by atoms with Crippen LogP contribution in [0.3, 0.4) is 0 Å². The highest BCUT2D eigenvalue weighted by atomic mass is 16.2. The topological polar surface area (TPSA) is 105 Å². The Hall–Kier alpha value is -3.14. The Balaban J connectivity index is 1.46. The van der Waals surface area contributed by atoms with Crippen molar-refractivity contribution >= 4 is 29.3 Å². The highest BCUT2D eigenvalue weighted by Crippen LogP contribution is 2.31. The van der Waals surface area contributed by atoms with Gasteiger partial charge in [0.25, 0.3) is 5.91 Å². The molecule has 4 amide bonds. The number of fused-ring (bicyclic) bond motifs is 1. The lowest BCUT2D eigenvalue weighted by Gasteiger charge is -2.33. The molecule has 0 aliphatic carbocycles. The maximum atomic E-state index is 13.7. The van der Waals surface area contributed by atoms with Crippen molar-refractivity contribution in [2.24, 2.45) is 5.92 Å². The van der Waals surface area contributed by atoms with E-state index in [0.29, 0.717) is 38.0 Å². The van der Waals surface area contributed by atoms with E-state index in [-0.39, 0.29) is 42.1 Å². The number of carbonyl (C=O) groups excluding carboxylic acids is 4. The quantitative estimate of drug-likeness (QED) is 0.601. The van der Waals surface area contributed by atoms with E-state index >= 15 is 0 Å². The predicted octanol–water partition coefficient (Wildman–Crippen LogP) is 0.777. The Kier molecular flexibility index (Phi) is 7.82. The summed E-state index contributed by atoms with van der Waals surface area (Å²) in [5.41, 5.74) is 1.45.